The number of anilines is 1. The number of nitrogens with one attached hydrogen (secondary N) is 1. The smallest absolute Gasteiger partial charge is 0.264 e. The number of carbonyl (C=O) groups is 2. The molecule has 3 rings (SSSR count). The van der Waals surface area contributed by atoms with Gasteiger partial charge in [-0.1, -0.05) is 48.9 Å². The molecule has 0 bridgehead atoms. The fourth-order valence-electron chi connectivity index (χ4n) is 4.03. The summed E-state index contributed by atoms with van der Waals surface area (Å²) in [6.07, 6.45) is 0.340. The number of halogens is 1. The lowest BCUT2D eigenvalue weighted by Crippen LogP contribution is -2.51. The summed E-state index contributed by atoms with van der Waals surface area (Å²) in [6, 6.07) is 17.9. The number of likely N-dealkylation sites (N-methyl/N-ethyl adjacent to an activating group) is 1. The molecule has 0 aliphatic rings. The summed E-state index contributed by atoms with van der Waals surface area (Å²) >= 11 is 0. The van der Waals surface area contributed by atoms with E-state index in [0.717, 1.165) is 33.1 Å². The van der Waals surface area contributed by atoms with Gasteiger partial charge in [-0.2, -0.15) is 0 Å². The largest absolute Gasteiger partial charge is 0.357 e. The molecule has 1 atom stereocenters. The van der Waals surface area contributed by atoms with Crippen LogP contribution in [0.2, 0.25) is 0 Å². The Morgan fingerprint density at radius 1 is 0.946 bits per heavy atom. The first-order chi connectivity index (χ1) is 17.6. The predicted molar refractivity (Wildman–Crippen MR) is 142 cm³/mol. The zero-order valence-corrected chi connectivity index (χ0v) is 22.3. The van der Waals surface area contributed by atoms with Gasteiger partial charge >= 0.3 is 0 Å². The topological polar surface area (TPSA) is 86.8 Å². The second-order valence-electron chi connectivity index (χ2n) is 8.79. The van der Waals surface area contributed by atoms with Gasteiger partial charge in [-0.3, -0.25) is 13.9 Å². The lowest BCUT2D eigenvalue weighted by molar-refractivity contribution is -0.140. The number of rotatable bonds is 10. The molecule has 196 valence electrons. The van der Waals surface area contributed by atoms with Crippen molar-refractivity contribution in [3.05, 3.63) is 95.3 Å². The molecule has 1 N–H and O–H groups in total. The van der Waals surface area contributed by atoms with Gasteiger partial charge in [-0.05, 0) is 67.8 Å². The highest BCUT2D eigenvalue weighted by Gasteiger charge is 2.33. The Bertz CT molecular complexity index is 1340. The molecule has 0 aliphatic heterocycles. The van der Waals surface area contributed by atoms with E-state index in [0.29, 0.717) is 6.42 Å². The van der Waals surface area contributed by atoms with Gasteiger partial charge in [-0.25, -0.2) is 12.8 Å². The Balaban J connectivity index is 2.06. The van der Waals surface area contributed by atoms with E-state index in [1.54, 1.807) is 31.2 Å². The monoisotopic (exact) mass is 525 g/mol. The highest BCUT2D eigenvalue weighted by Crippen LogP contribution is 2.25. The first-order valence-electron chi connectivity index (χ1n) is 12.0. The molecule has 0 aliphatic carbocycles. The summed E-state index contributed by atoms with van der Waals surface area (Å²) in [5.74, 6) is -1.45. The van der Waals surface area contributed by atoms with E-state index in [-0.39, 0.29) is 23.0 Å². The Morgan fingerprint density at radius 3 is 2.14 bits per heavy atom. The van der Waals surface area contributed by atoms with Crippen LogP contribution in [-0.4, -0.2) is 44.8 Å². The summed E-state index contributed by atoms with van der Waals surface area (Å²) in [6.45, 7) is 5.17. The van der Waals surface area contributed by atoms with Crippen molar-refractivity contribution in [2.45, 2.75) is 44.7 Å². The Labute approximate surface area is 218 Å². The van der Waals surface area contributed by atoms with Crippen molar-refractivity contribution in [1.82, 2.24) is 10.2 Å². The maximum absolute atomic E-state index is 13.8. The normalized spacial score (nSPS) is 12.0. The molecule has 0 spiro atoms. The third-order valence-electron chi connectivity index (χ3n) is 6.24. The number of benzene rings is 3. The van der Waals surface area contributed by atoms with Crippen molar-refractivity contribution in [2.24, 2.45) is 0 Å². The molecule has 0 saturated heterocycles. The number of nitrogens with zero attached hydrogens (tertiary/aromatic N) is 2. The minimum atomic E-state index is -4.23. The highest BCUT2D eigenvalue weighted by molar-refractivity contribution is 7.92. The molecule has 37 heavy (non-hydrogen) atoms. The number of hydrogen-bond donors (Lipinski definition) is 1. The average Bonchev–Trinajstić information content (AvgIpc) is 2.88. The molecule has 0 heterocycles. The van der Waals surface area contributed by atoms with Crippen molar-refractivity contribution >= 4 is 27.5 Å². The molecule has 7 nitrogen and oxygen atoms in total. The van der Waals surface area contributed by atoms with Crippen LogP contribution in [0.3, 0.4) is 0 Å². The molecule has 9 heteroatoms. The maximum atomic E-state index is 13.8. The second kappa shape index (κ2) is 12.0. The molecule has 2 amide bonds. The Hall–Kier alpha value is -3.72. The van der Waals surface area contributed by atoms with Gasteiger partial charge in [0.25, 0.3) is 10.0 Å². The first-order valence-corrected chi connectivity index (χ1v) is 13.4. The number of hydrogen-bond acceptors (Lipinski definition) is 4. The molecule has 0 unspecified atom stereocenters. The van der Waals surface area contributed by atoms with Crippen LogP contribution in [0.5, 0.6) is 0 Å². The maximum Gasteiger partial charge on any atom is 0.264 e. The molecule has 0 fully saturated rings. The van der Waals surface area contributed by atoms with E-state index in [9.17, 15) is 22.4 Å². The van der Waals surface area contributed by atoms with Gasteiger partial charge in [0.05, 0.1) is 10.6 Å². The summed E-state index contributed by atoms with van der Waals surface area (Å²) in [5.41, 5.74) is 3.00. The Morgan fingerprint density at radius 2 is 1.57 bits per heavy atom. The minimum absolute atomic E-state index is 0.135. The van der Waals surface area contributed by atoms with Crippen LogP contribution in [0.25, 0.3) is 0 Å². The van der Waals surface area contributed by atoms with Gasteiger partial charge < -0.3 is 10.2 Å². The molecule has 0 aromatic heterocycles. The van der Waals surface area contributed by atoms with Gasteiger partial charge in [0.15, 0.2) is 0 Å². The summed E-state index contributed by atoms with van der Waals surface area (Å²) in [5, 5.41) is 2.60. The first kappa shape index (κ1) is 27.9. The molecule has 0 radical (unpaired) electrons. The zero-order chi connectivity index (χ0) is 27.2. The van der Waals surface area contributed by atoms with Crippen molar-refractivity contribution in [3.63, 3.8) is 0 Å². The fourth-order valence-corrected chi connectivity index (χ4v) is 5.44. The van der Waals surface area contributed by atoms with Gasteiger partial charge in [0.2, 0.25) is 11.8 Å². The number of amides is 2. The fraction of sp³-hybridized carbons (Fsp3) is 0.286. The van der Waals surface area contributed by atoms with Crippen molar-refractivity contribution in [3.8, 4) is 0 Å². The van der Waals surface area contributed by atoms with Crippen molar-refractivity contribution < 1.29 is 22.4 Å². The predicted octanol–water partition coefficient (Wildman–Crippen LogP) is 4.19. The van der Waals surface area contributed by atoms with E-state index in [2.05, 4.69) is 5.32 Å². The van der Waals surface area contributed by atoms with E-state index in [1.165, 1.54) is 24.1 Å². The minimum Gasteiger partial charge on any atom is -0.357 e. The van der Waals surface area contributed by atoms with Crippen LogP contribution < -0.4 is 9.62 Å². The third kappa shape index (κ3) is 6.54. The van der Waals surface area contributed by atoms with E-state index >= 15 is 0 Å². The second-order valence-corrected chi connectivity index (χ2v) is 10.6. The molecule has 3 aromatic rings. The van der Waals surface area contributed by atoms with Crippen molar-refractivity contribution in [1.29, 1.82) is 0 Å². The lowest BCUT2D eigenvalue weighted by Gasteiger charge is -2.33. The molecule has 3 aromatic carbocycles. The van der Waals surface area contributed by atoms with E-state index in [4.69, 9.17) is 0 Å². The third-order valence-corrected chi connectivity index (χ3v) is 8.02. The van der Waals surface area contributed by atoms with Crippen LogP contribution in [0.1, 0.15) is 30.0 Å². The molecular formula is C28H32FN3O4S. The standard InChI is InChI=1S/C28H32FN3O4S/c1-5-26(28(34)30-4)31(18-22-9-7-6-8-21(22)3)27(33)19-32(24-14-10-20(2)11-15-24)37(35,36)25-16-12-23(29)13-17-25/h6-17,26H,5,18-19H2,1-4H3,(H,30,34)/t26-/m1/s1. The lowest BCUT2D eigenvalue weighted by atomic mass is 10.1. The van der Waals surface area contributed by atoms with Gasteiger partial charge in [0.1, 0.15) is 18.4 Å². The van der Waals surface area contributed by atoms with Crippen LogP contribution in [0.15, 0.2) is 77.7 Å². The summed E-state index contributed by atoms with van der Waals surface area (Å²) in [4.78, 5) is 27.8. The highest BCUT2D eigenvalue weighted by atomic mass is 32.2. The number of carbonyl (C=O) groups excluding carboxylic acids is 2. The Kier molecular flexibility index (Phi) is 9.04. The zero-order valence-electron chi connectivity index (χ0n) is 21.4. The van der Waals surface area contributed by atoms with Crippen LogP contribution in [-0.2, 0) is 26.2 Å². The van der Waals surface area contributed by atoms with E-state index in [1.807, 2.05) is 38.1 Å². The van der Waals surface area contributed by atoms with Gasteiger partial charge in [-0.15, -0.1) is 0 Å². The summed E-state index contributed by atoms with van der Waals surface area (Å²) < 4.78 is 41.9. The van der Waals surface area contributed by atoms with E-state index < -0.39 is 34.3 Å². The summed E-state index contributed by atoms with van der Waals surface area (Å²) in [7, 11) is -2.73. The average molecular weight is 526 g/mol. The quantitative estimate of drug-likeness (QED) is 0.430. The number of aryl methyl sites for hydroxylation is 2. The van der Waals surface area contributed by atoms with Crippen LogP contribution in [0.4, 0.5) is 10.1 Å². The van der Waals surface area contributed by atoms with Crippen LogP contribution >= 0.6 is 0 Å². The number of sulfonamides is 1. The van der Waals surface area contributed by atoms with Crippen molar-refractivity contribution in [2.75, 3.05) is 17.9 Å². The van der Waals surface area contributed by atoms with Gasteiger partial charge in [0, 0.05) is 13.6 Å². The molecular weight excluding hydrogens is 493 g/mol. The van der Waals surface area contributed by atoms with Crippen LogP contribution in [0, 0.1) is 19.7 Å². The SMILES string of the molecule is CC[C@H](C(=O)NC)N(Cc1ccccc1C)C(=O)CN(c1ccc(C)cc1)S(=O)(=O)c1ccc(F)cc1. The molecule has 0 saturated carbocycles.